The number of methoxy groups -OCH3 is 1. The molecule has 0 rings (SSSR count). The van der Waals surface area contributed by atoms with Crippen molar-refractivity contribution >= 4 is 0 Å². The van der Waals surface area contributed by atoms with Crippen LogP contribution in [0.25, 0.3) is 0 Å². The number of nitrogens with one attached hydrogen (secondary N) is 1. The van der Waals surface area contributed by atoms with Gasteiger partial charge in [-0.2, -0.15) is 0 Å². The molecule has 42 valence electrons. The molecule has 0 heterocycles. The van der Waals surface area contributed by atoms with Gasteiger partial charge in [-0.05, 0) is 13.1 Å². The summed E-state index contributed by atoms with van der Waals surface area (Å²) in [7, 11) is 1.65. The summed E-state index contributed by atoms with van der Waals surface area (Å²) in [6.07, 6.45) is 3.75. The molecule has 2 nitrogen and oxygen atoms in total. The molecule has 0 fully saturated rings. The second-order valence-corrected chi connectivity index (χ2v) is 1.14. The predicted molar refractivity (Wildman–Crippen MR) is 29.8 cm³/mol. The first-order valence-electron chi connectivity index (χ1n) is 2.25. The van der Waals surface area contributed by atoms with Crippen LogP contribution in [0.5, 0.6) is 0 Å². The number of hydrogen-bond acceptors (Lipinski definition) is 2. The van der Waals surface area contributed by atoms with Gasteiger partial charge in [0.1, 0.15) is 6.73 Å². The van der Waals surface area contributed by atoms with Crippen LogP contribution in [-0.4, -0.2) is 13.8 Å². The van der Waals surface area contributed by atoms with Crippen molar-refractivity contribution in [3.8, 4) is 0 Å². The Morgan fingerprint density at radius 1 is 1.71 bits per heavy atom. The smallest absolute Gasteiger partial charge is 0.115 e. The molecule has 0 aliphatic rings. The molecule has 0 aromatic carbocycles. The Kier molecular flexibility index (Phi) is 5.11. The van der Waals surface area contributed by atoms with Crippen LogP contribution in [0.15, 0.2) is 12.3 Å². The Labute approximate surface area is 44.2 Å². The highest BCUT2D eigenvalue weighted by Gasteiger charge is 1.66. The first-order chi connectivity index (χ1) is 3.41. The zero-order valence-corrected chi connectivity index (χ0v) is 4.77. The summed E-state index contributed by atoms with van der Waals surface area (Å²) < 4.78 is 4.68. The molecule has 0 radical (unpaired) electrons. The highest BCUT2D eigenvalue weighted by Crippen LogP contribution is 1.61. The maximum absolute atomic E-state index is 4.68. The summed E-state index contributed by atoms with van der Waals surface area (Å²) in [6, 6.07) is 0. The third-order valence-corrected chi connectivity index (χ3v) is 0.512. The summed E-state index contributed by atoms with van der Waals surface area (Å²) in [5.41, 5.74) is 0. The summed E-state index contributed by atoms with van der Waals surface area (Å²) in [5.74, 6) is 0. The van der Waals surface area contributed by atoms with Crippen LogP contribution >= 0.6 is 0 Å². The maximum atomic E-state index is 4.68. The molecular formula is C5H11NO. The molecule has 1 N–H and O–H groups in total. The molecule has 0 aliphatic carbocycles. The van der Waals surface area contributed by atoms with Gasteiger partial charge in [0, 0.05) is 7.11 Å². The fourth-order valence-electron chi connectivity index (χ4n) is 0.249. The first kappa shape index (κ1) is 6.50. The fourth-order valence-corrected chi connectivity index (χ4v) is 0.249. The zero-order valence-electron chi connectivity index (χ0n) is 4.77. The fraction of sp³-hybridized carbons (Fsp3) is 0.600. The van der Waals surface area contributed by atoms with E-state index in [1.807, 2.05) is 19.2 Å². The molecule has 0 aromatic rings. The molecule has 0 atom stereocenters. The van der Waals surface area contributed by atoms with E-state index in [9.17, 15) is 0 Å². The Morgan fingerprint density at radius 2 is 2.43 bits per heavy atom. The van der Waals surface area contributed by atoms with Gasteiger partial charge in [0.05, 0.1) is 0 Å². The van der Waals surface area contributed by atoms with Gasteiger partial charge in [-0.15, -0.1) is 0 Å². The molecule has 0 bridgehead atoms. The van der Waals surface area contributed by atoms with Crippen molar-refractivity contribution in [3.05, 3.63) is 12.3 Å². The topological polar surface area (TPSA) is 21.3 Å². The highest BCUT2D eigenvalue weighted by molar-refractivity contribution is 4.71. The lowest BCUT2D eigenvalue weighted by Gasteiger charge is -1.93. The van der Waals surface area contributed by atoms with E-state index in [1.54, 1.807) is 7.11 Å². The molecule has 0 saturated heterocycles. The van der Waals surface area contributed by atoms with Crippen LogP contribution in [0.1, 0.15) is 6.92 Å². The Balaban J connectivity index is 2.69. The van der Waals surface area contributed by atoms with Crippen molar-refractivity contribution in [2.75, 3.05) is 13.8 Å². The lowest BCUT2D eigenvalue weighted by Crippen LogP contribution is -2.07. The minimum atomic E-state index is 0.588. The van der Waals surface area contributed by atoms with Crippen molar-refractivity contribution in [1.82, 2.24) is 5.32 Å². The predicted octanol–water partition coefficient (Wildman–Crippen LogP) is 0.714. The van der Waals surface area contributed by atoms with Gasteiger partial charge >= 0.3 is 0 Å². The minimum Gasteiger partial charge on any atom is -0.369 e. The third-order valence-electron chi connectivity index (χ3n) is 0.512. The molecule has 0 amide bonds. The minimum absolute atomic E-state index is 0.588. The number of ether oxygens (including phenoxy) is 1. The third kappa shape index (κ3) is 5.50. The van der Waals surface area contributed by atoms with E-state index >= 15 is 0 Å². The molecule has 0 saturated carbocycles. The van der Waals surface area contributed by atoms with E-state index in [-0.39, 0.29) is 0 Å². The molecular weight excluding hydrogens is 90.1 g/mol. The van der Waals surface area contributed by atoms with Crippen LogP contribution in [0.2, 0.25) is 0 Å². The quantitative estimate of drug-likeness (QED) is 0.417. The monoisotopic (exact) mass is 101 g/mol. The number of hydrogen-bond donors (Lipinski definition) is 1. The average molecular weight is 101 g/mol. The largest absolute Gasteiger partial charge is 0.369 e. The molecule has 2 heteroatoms. The summed E-state index contributed by atoms with van der Waals surface area (Å²) in [5, 5.41) is 2.88. The second kappa shape index (κ2) is 5.50. The molecule has 0 unspecified atom stereocenters. The average Bonchev–Trinajstić information content (AvgIpc) is 1.69. The Morgan fingerprint density at radius 3 is 2.86 bits per heavy atom. The molecule has 7 heavy (non-hydrogen) atoms. The first-order valence-corrected chi connectivity index (χ1v) is 2.25. The Hall–Kier alpha value is -0.500. The summed E-state index contributed by atoms with van der Waals surface area (Å²) in [6.45, 7) is 2.53. The summed E-state index contributed by atoms with van der Waals surface area (Å²) in [4.78, 5) is 0. The number of allylic oxidation sites excluding steroid dienone is 1. The van der Waals surface area contributed by atoms with Crippen LogP contribution in [0.4, 0.5) is 0 Å². The normalized spacial score (nSPS) is 10.0. The van der Waals surface area contributed by atoms with Crippen LogP contribution in [0, 0.1) is 0 Å². The van der Waals surface area contributed by atoms with Crippen molar-refractivity contribution in [2.45, 2.75) is 6.92 Å². The van der Waals surface area contributed by atoms with Crippen molar-refractivity contribution in [2.24, 2.45) is 0 Å². The number of rotatable bonds is 3. The van der Waals surface area contributed by atoms with Crippen molar-refractivity contribution in [3.63, 3.8) is 0 Å². The van der Waals surface area contributed by atoms with Gasteiger partial charge in [0.25, 0.3) is 0 Å². The van der Waals surface area contributed by atoms with E-state index in [4.69, 9.17) is 0 Å². The van der Waals surface area contributed by atoms with Gasteiger partial charge in [0.2, 0.25) is 0 Å². The van der Waals surface area contributed by atoms with Crippen LogP contribution in [0.3, 0.4) is 0 Å². The molecule has 0 aliphatic heterocycles. The second-order valence-electron chi connectivity index (χ2n) is 1.14. The van der Waals surface area contributed by atoms with Gasteiger partial charge in [-0.25, -0.2) is 0 Å². The van der Waals surface area contributed by atoms with Crippen LogP contribution in [-0.2, 0) is 4.74 Å². The van der Waals surface area contributed by atoms with Gasteiger partial charge in [-0.1, -0.05) is 6.08 Å². The standard InChI is InChI=1S/C5H11NO/c1-3-4-6-5-7-2/h3-4,6H,5H2,1-2H3. The van der Waals surface area contributed by atoms with Crippen molar-refractivity contribution < 1.29 is 4.74 Å². The van der Waals surface area contributed by atoms with Crippen molar-refractivity contribution in [1.29, 1.82) is 0 Å². The lowest BCUT2D eigenvalue weighted by atomic mass is 10.7. The van der Waals surface area contributed by atoms with Gasteiger partial charge < -0.3 is 10.1 Å². The van der Waals surface area contributed by atoms with Gasteiger partial charge in [0.15, 0.2) is 0 Å². The van der Waals surface area contributed by atoms with Gasteiger partial charge in [-0.3, -0.25) is 0 Å². The van der Waals surface area contributed by atoms with Crippen LogP contribution < -0.4 is 5.32 Å². The SMILES string of the molecule is CC=CNCOC. The maximum Gasteiger partial charge on any atom is 0.115 e. The summed E-state index contributed by atoms with van der Waals surface area (Å²) >= 11 is 0. The molecule has 0 aromatic heterocycles. The lowest BCUT2D eigenvalue weighted by molar-refractivity contribution is 0.187. The van der Waals surface area contributed by atoms with E-state index in [2.05, 4.69) is 10.1 Å². The zero-order chi connectivity index (χ0) is 5.54. The van der Waals surface area contributed by atoms with E-state index < -0.39 is 0 Å². The van der Waals surface area contributed by atoms with E-state index in [0.717, 1.165) is 0 Å². The molecule has 0 spiro atoms. The van der Waals surface area contributed by atoms with E-state index in [0.29, 0.717) is 6.73 Å². The highest BCUT2D eigenvalue weighted by atomic mass is 16.5. The Bertz CT molecular complexity index is 52.0. The van der Waals surface area contributed by atoms with E-state index in [1.165, 1.54) is 0 Å².